The first-order valence-corrected chi connectivity index (χ1v) is 5.10. The van der Waals surface area contributed by atoms with Crippen LogP contribution >= 0.6 is 0 Å². The highest BCUT2D eigenvalue weighted by Crippen LogP contribution is 2.50. The summed E-state index contributed by atoms with van der Waals surface area (Å²) in [5.74, 6) is 0.801. The van der Waals surface area contributed by atoms with Crippen molar-refractivity contribution < 1.29 is 0 Å². The summed E-state index contributed by atoms with van der Waals surface area (Å²) in [6.07, 6.45) is 5.44. The molecule has 0 atom stereocenters. The Hall–Kier alpha value is -0.330. The molecule has 0 heterocycles. The van der Waals surface area contributed by atoms with Crippen molar-refractivity contribution in [2.45, 2.75) is 46.5 Å². The van der Waals surface area contributed by atoms with Crippen molar-refractivity contribution in [2.75, 3.05) is 7.05 Å². The fraction of sp³-hybridized carbons (Fsp3) is 0.909. The molecule has 1 heteroatoms. The quantitative estimate of drug-likeness (QED) is 0.572. The Morgan fingerprint density at radius 3 is 2.17 bits per heavy atom. The van der Waals surface area contributed by atoms with Gasteiger partial charge >= 0.3 is 0 Å². The van der Waals surface area contributed by atoms with E-state index in [1.807, 2.05) is 7.05 Å². The molecule has 1 aliphatic rings. The van der Waals surface area contributed by atoms with Gasteiger partial charge in [-0.1, -0.05) is 26.7 Å². The number of aliphatic imine (C=N–C) groups is 1. The van der Waals surface area contributed by atoms with Gasteiger partial charge in [0.15, 0.2) is 0 Å². The molecule has 0 aromatic carbocycles. The summed E-state index contributed by atoms with van der Waals surface area (Å²) in [5.41, 5.74) is 2.03. The molecular weight excluding hydrogens is 146 g/mol. The summed E-state index contributed by atoms with van der Waals surface area (Å²) in [4.78, 5) is 4.26. The lowest BCUT2D eigenvalue weighted by atomic mass is 9.58. The van der Waals surface area contributed by atoms with Crippen LogP contribution in [0.2, 0.25) is 0 Å². The van der Waals surface area contributed by atoms with Crippen LogP contribution in [0.4, 0.5) is 0 Å². The minimum Gasteiger partial charge on any atom is -0.297 e. The van der Waals surface area contributed by atoms with Crippen molar-refractivity contribution in [3.05, 3.63) is 0 Å². The van der Waals surface area contributed by atoms with Crippen LogP contribution in [0.25, 0.3) is 0 Å². The van der Waals surface area contributed by atoms with Gasteiger partial charge in [-0.15, -0.1) is 0 Å². The lowest BCUT2D eigenvalue weighted by Crippen LogP contribution is -2.39. The van der Waals surface area contributed by atoms with Crippen LogP contribution in [0.5, 0.6) is 0 Å². The Balaban J connectivity index is 2.45. The third-order valence-corrected chi connectivity index (χ3v) is 3.80. The van der Waals surface area contributed by atoms with Crippen molar-refractivity contribution in [3.8, 4) is 0 Å². The van der Waals surface area contributed by atoms with Gasteiger partial charge in [-0.2, -0.15) is 0 Å². The van der Waals surface area contributed by atoms with Gasteiger partial charge in [0.2, 0.25) is 0 Å². The first kappa shape index (κ1) is 9.76. The van der Waals surface area contributed by atoms with Crippen molar-refractivity contribution in [3.63, 3.8) is 0 Å². The minimum atomic E-state index is 0.677. The average molecular weight is 167 g/mol. The monoisotopic (exact) mass is 167 g/mol. The normalized spacial score (nSPS) is 23.8. The molecule has 1 rings (SSSR count). The Bertz CT molecular complexity index is 169. The van der Waals surface area contributed by atoms with E-state index in [4.69, 9.17) is 0 Å². The number of nitrogens with zero attached hydrogens (tertiary/aromatic N) is 1. The molecule has 12 heavy (non-hydrogen) atoms. The second kappa shape index (κ2) is 3.59. The summed E-state index contributed by atoms with van der Waals surface area (Å²) < 4.78 is 0. The van der Waals surface area contributed by atoms with E-state index in [-0.39, 0.29) is 0 Å². The van der Waals surface area contributed by atoms with Crippen LogP contribution in [0.1, 0.15) is 46.5 Å². The highest BCUT2D eigenvalue weighted by Gasteiger charge is 2.41. The average Bonchev–Trinajstić information content (AvgIpc) is 2.04. The van der Waals surface area contributed by atoms with Crippen LogP contribution in [-0.2, 0) is 0 Å². The second-order valence-electron chi connectivity index (χ2n) is 4.18. The zero-order chi connectivity index (χ0) is 9.19. The van der Waals surface area contributed by atoms with Gasteiger partial charge in [-0.3, -0.25) is 4.99 Å². The fourth-order valence-corrected chi connectivity index (χ4v) is 2.29. The van der Waals surface area contributed by atoms with Gasteiger partial charge in [0.05, 0.1) is 0 Å². The SMILES string of the molecule is CCC1(CC)CC(C(C)=NC)C1. The van der Waals surface area contributed by atoms with E-state index in [0.29, 0.717) is 5.41 Å². The molecule has 0 amide bonds. The molecule has 1 saturated carbocycles. The van der Waals surface area contributed by atoms with E-state index in [2.05, 4.69) is 25.8 Å². The summed E-state index contributed by atoms with van der Waals surface area (Å²) >= 11 is 0. The van der Waals surface area contributed by atoms with Crippen molar-refractivity contribution in [2.24, 2.45) is 16.3 Å². The van der Waals surface area contributed by atoms with E-state index in [0.717, 1.165) is 5.92 Å². The zero-order valence-electron chi connectivity index (χ0n) is 8.85. The van der Waals surface area contributed by atoms with Gasteiger partial charge in [0, 0.05) is 12.8 Å². The highest BCUT2D eigenvalue weighted by molar-refractivity contribution is 5.85. The topological polar surface area (TPSA) is 12.4 Å². The van der Waals surface area contributed by atoms with Gasteiger partial charge < -0.3 is 0 Å². The molecule has 0 radical (unpaired) electrons. The van der Waals surface area contributed by atoms with Crippen molar-refractivity contribution in [1.29, 1.82) is 0 Å². The van der Waals surface area contributed by atoms with E-state index in [9.17, 15) is 0 Å². The van der Waals surface area contributed by atoms with Gasteiger partial charge in [0.25, 0.3) is 0 Å². The molecule has 0 saturated heterocycles. The van der Waals surface area contributed by atoms with Gasteiger partial charge in [0.1, 0.15) is 0 Å². The van der Waals surface area contributed by atoms with Crippen LogP contribution in [0.3, 0.4) is 0 Å². The Morgan fingerprint density at radius 2 is 1.83 bits per heavy atom. The molecule has 0 spiro atoms. The molecule has 0 N–H and O–H groups in total. The smallest absolute Gasteiger partial charge is 0.0276 e. The largest absolute Gasteiger partial charge is 0.297 e. The maximum Gasteiger partial charge on any atom is 0.0276 e. The van der Waals surface area contributed by atoms with E-state index in [1.54, 1.807) is 0 Å². The lowest BCUT2D eigenvalue weighted by Gasteiger charge is -2.47. The van der Waals surface area contributed by atoms with Crippen LogP contribution in [0, 0.1) is 11.3 Å². The lowest BCUT2D eigenvalue weighted by molar-refractivity contribution is 0.0834. The first-order chi connectivity index (χ1) is 5.67. The Kier molecular flexibility index (Phi) is 2.92. The summed E-state index contributed by atoms with van der Waals surface area (Å²) in [6.45, 7) is 6.80. The van der Waals surface area contributed by atoms with Crippen LogP contribution < -0.4 is 0 Å². The molecular formula is C11H21N. The van der Waals surface area contributed by atoms with Crippen LogP contribution in [-0.4, -0.2) is 12.8 Å². The molecule has 0 bridgehead atoms. The number of rotatable bonds is 3. The number of hydrogen-bond donors (Lipinski definition) is 0. The van der Waals surface area contributed by atoms with Crippen LogP contribution in [0.15, 0.2) is 4.99 Å². The molecule has 70 valence electrons. The summed E-state index contributed by atoms with van der Waals surface area (Å²) in [5, 5.41) is 0. The van der Waals surface area contributed by atoms with Gasteiger partial charge in [-0.25, -0.2) is 0 Å². The third-order valence-electron chi connectivity index (χ3n) is 3.80. The molecule has 1 aliphatic carbocycles. The zero-order valence-corrected chi connectivity index (χ0v) is 8.85. The molecule has 0 aromatic heterocycles. The number of hydrogen-bond acceptors (Lipinski definition) is 1. The molecule has 0 aliphatic heterocycles. The Morgan fingerprint density at radius 1 is 1.33 bits per heavy atom. The maximum atomic E-state index is 4.26. The third kappa shape index (κ3) is 1.55. The maximum absolute atomic E-state index is 4.26. The van der Waals surface area contributed by atoms with Crippen molar-refractivity contribution >= 4 is 5.71 Å². The molecule has 0 unspecified atom stereocenters. The summed E-state index contributed by atoms with van der Waals surface area (Å²) in [6, 6.07) is 0. The summed E-state index contributed by atoms with van der Waals surface area (Å²) in [7, 11) is 1.91. The predicted octanol–water partition coefficient (Wildman–Crippen LogP) is 3.29. The van der Waals surface area contributed by atoms with Crippen molar-refractivity contribution in [1.82, 2.24) is 0 Å². The van der Waals surface area contributed by atoms with Gasteiger partial charge in [-0.05, 0) is 31.1 Å². The van der Waals surface area contributed by atoms with E-state index < -0.39 is 0 Å². The first-order valence-electron chi connectivity index (χ1n) is 5.10. The molecule has 1 nitrogen and oxygen atoms in total. The van der Waals surface area contributed by atoms with E-state index >= 15 is 0 Å². The standard InChI is InChI=1S/C11H21N/c1-5-11(6-2)7-10(8-11)9(3)12-4/h10H,5-8H2,1-4H3. The van der Waals surface area contributed by atoms with E-state index in [1.165, 1.54) is 31.4 Å². The fourth-order valence-electron chi connectivity index (χ4n) is 2.29. The molecule has 0 aromatic rings. The highest BCUT2D eigenvalue weighted by atomic mass is 14.7. The Labute approximate surface area is 76.3 Å². The molecule has 1 fully saturated rings. The minimum absolute atomic E-state index is 0.677. The second-order valence-corrected chi connectivity index (χ2v) is 4.18. The predicted molar refractivity (Wildman–Crippen MR) is 54.8 cm³/mol.